The summed E-state index contributed by atoms with van der Waals surface area (Å²) in [6.45, 7) is 0.264. The Hall–Kier alpha value is -2.25. The number of nitrogens with one attached hydrogen (secondary N) is 1. The van der Waals surface area contributed by atoms with E-state index in [1.807, 2.05) is 0 Å². The molecule has 0 radical (unpaired) electrons. The number of halogens is 1. The first-order chi connectivity index (χ1) is 10.5. The maximum Gasteiger partial charge on any atom is 0.335 e. The Morgan fingerprint density at radius 2 is 1.95 bits per heavy atom. The molecule has 7 nitrogen and oxygen atoms in total. The van der Waals surface area contributed by atoms with Gasteiger partial charge >= 0.3 is 6.03 Å². The van der Waals surface area contributed by atoms with E-state index in [9.17, 15) is 14.4 Å². The molecule has 0 spiro atoms. The first-order valence-corrected chi connectivity index (χ1v) is 6.97. The summed E-state index contributed by atoms with van der Waals surface area (Å²) >= 11 is 5.77. The predicted octanol–water partition coefficient (Wildman–Crippen LogP) is 0.992. The van der Waals surface area contributed by atoms with Gasteiger partial charge in [-0.1, -0.05) is 11.6 Å². The summed E-state index contributed by atoms with van der Waals surface area (Å²) in [5, 5.41) is 11.3. The van der Waals surface area contributed by atoms with Crippen LogP contribution >= 0.6 is 11.6 Å². The van der Waals surface area contributed by atoms with Crippen LogP contribution in [0.3, 0.4) is 0 Å². The average molecular weight is 324 g/mol. The first kappa shape index (κ1) is 16.1. The van der Waals surface area contributed by atoms with Gasteiger partial charge in [-0.3, -0.25) is 19.9 Å². The molecule has 1 fully saturated rings. The van der Waals surface area contributed by atoms with Crippen molar-refractivity contribution in [3.05, 3.63) is 29.3 Å². The van der Waals surface area contributed by atoms with Gasteiger partial charge in [0.1, 0.15) is 0 Å². The number of aliphatic imine (C=N–C) groups is 1. The summed E-state index contributed by atoms with van der Waals surface area (Å²) in [5.74, 6) is -2.57. The molecule has 1 aromatic carbocycles. The van der Waals surface area contributed by atoms with Gasteiger partial charge in [-0.2, -0.15) is 0 Å². The second-order valence-corrected chi connectivity index (χ2v) is 4.99. The molecule has 1 aromatic rings. The largest absolute Gasteiger partial charge is 0.396 e. The highest BCUT2D eigenvalue weighted by molar-refractivity contribution is 6.33. The van der Waals surface area contributed by atoms with E-state index in [4.69, 9.17) is 16.7 Å². The van der Waals surface area contributed by atoms with E-state index in [0.717, 1.165) is 4.90 Å². The molecule has 8 heteroatoms. The highest BCUT2D eigenvalue weighted by Gasteiger charge is 2.40. The number of hydrogen-bond donors (Lipinski definition) is 2. The molecule has 1 saturated heterocycles. The molecule has 22 heavy (non-hydrogen) atoms. The summed E-state index contributed by atoms with van der Waals surface area (Å²) < 4.78 is 0. The van der Waals surface area contributed by atoms with Crippen LogP contribution in [-0.4, -0.2) is 42.3 Å². The molecule has 0 bridgehead atoms. The van der Waals surface area contributed by atoms with Crippen molar-refractivity contribution in [3.8, 4) is 0 Å². The van der Waals surface area contributed by atoms with E-state index in [-0.39, 0.29) is 6.61 Å². The number of benzene rings is 1. The van der Waals surface area contributed by atoms with Crippen LogP contribution in [0.1, 0.15) is 6.42 Å². The lowest BCUT2D eigenvalue weighted by Crippen LogP contribution is -2.58. The highest BCUT2D eigenvalue weighted by atomic mass is 35.5. The monoisotopic (exact) mass is 323 g/mol. The second-order valence-electron chi connectivity index (χ2n) is 4.55. The van der Waals surface area contributed by atoms with E-state index in [0.29, 0.717) is 23.7 Å². The number of aliphatic hydroxyl groups excluding tert-OH is 1. The van der Waals surface area contributed by atoms with E-state index >= 15 is 0 Å². The number of anilines is 1. The molecule has 0 saturated carbocycles. The molecule has 1 atom stereocenters. The molecule has 4 amide bonds. The van der Waals surface area contributed by atoms with Crippen LogP contribution in [0.2, 0.25) is 5.02 Å². The molecule has 1 heterocycles. The molecule has 1 aliphatic rings. The van der Waals surface area contributed by atoms with E-state index in [1.165, 1.54) is 30.5 Å². The number of barbiturate groups is 1. The minimum atomic E-state index is -1.17. The normalized spacial score (nSPS) is 18.9. The molecule has 0 unspecified atom stereocenters. The third-order valence-corrected chi connectivity index (χ3v) is 3.24. The molecular weight excluding hydrogens is 310 g/mol. The number of hydrogen-bond acceptors (Lipinski definition) is 5. The summed E-state index contributed by atoms with van der Waals surface area (Å²) in [6.07, 6.45) is 1.63. The van der Waals surface area contributed by atoms with E-state index in [1.54, 1.807) is 0 Å². The van der Waals surface area contributed by atoms with Crippen molar-refractivity contribution in [1.29, 1.82) is 0 Å². The van der Waals surface area contributed by atoms with Gasteiger partial charge in [0.05, 0.1) is 5.69 Å². The van der Waals surface area contributed by atoms with Gasteiger partial charge in [-0.05, 0) is 30.7 Å². The fourth-order valence-electron chi connectivity index (χ4n) is 1.90. The lowest BCUT2D eigenvalue weighted by atomic mass is 10.1. The Kier molecular flexibility index (Phi) is 5.24. The van der Waals surface area contributed by atoms with Crippen LogP contribution in [0.5, 0.6) is 0 Å². The van der Waals surface area contributed by atoms with Gasteiger partial charge in [0.2, 0.25) is 5.91 Å². The lowest BCUT2D eigenvalue weighted by molar-refractivity contribution is -0.131. The van der Waals surface area contributed by atoms with Crippen molar-refractivity contribution in [1.82, 2.24) is 5.32 Å². The topological polar surface area (TPSA) is 99.1 Å². The van der Waals surface area contributed by atoms with Gasteiger partial charge in [-0.15, -0.1) is 0 Å². The van der Waals surface area contributed by atoms with Crippen LogP contribution in [0.15, 0.2) is 29.3 Å². The quantitative estimate of drug-likeness (QED) is 0.479. The number of aliphatic hydroxyl groups is 1. The predicted molar refractivity (Wildman–Crippen MR) is 81.0 cm³/mol. The Bertz CT molecular complexity index is 615. The summed E-state index contributed by atoms with van der Waals surface area (Å²) in [6, 6.07) is 5.29. The lowest BCUT2D eigenvalue weighted by Gasteiger charge is -2.28. The van der Waals surface area contributed by atoms with Gasteiger partial charge < -0.3 is 5.11 Å². The average Bonchev–Trinajstić information content (AvgIpc) is 2.48. The summed E-state index contributed by atoms with van der Waals surface area (Å²) in [4.78, 5) is 40.8. The van der Waals surface area contributed by atoms with Crippen LogP contribution in [-0.2, 0) is 9.59 Å². The van der Waals surface area contributed by atoms with Crippen LogP contribution in [0.4, 0.5) is 10.5 Å². The molecule has 0 aliphatic carbocycles. The SMILES string of the molecule is O=C1NC(=O)N(c2ccc(Cl)cc2)C(=O)[C@@H]1C=NCCCO. The number of carbonyl (C=O) groups excluding carboxylic acids is 3. The second kappa shape index (κ2) is 7.15. The zero-order valence-electron chi connectivity index (χ0n) is 11.5. The van der Waals surface area contributed by atoms with Crippen molar-refractivity contribution < 1.29 is 19.5 Å². The third-order valence-electron chi connectivity index (χ3n) is 2.99. The number of nitrogens with zero attached hydrogens (tertiary/aromatic N) is 2. The fourth-order valence-corrected chi connectivity index (χ4v) is 2.02. The Morgan fingerprint density at radius 1 is 1.27 bits per heavy atom. The number of amides is 4. The number of carbonyl (C=O) groups is 3. The van der Waals surface area contributed by atoms with Gasteiger partial charge in [0.15, 0.2) is 5.92 Å². The van der Waals surface area contributed by atoms with Crippen LogP contribution in [0.25, 0.3) is 0 Å². The fraction of sp³-hybridized carbons (Fsp3) is 0.286. The zero-order valence-corrected chi connectivity index (χ0v) is 12.3. The maximum atomic E-state index is 12.4. The zero-order chi connectivity index (χ0) is 16.1. The van der Waals surface area contributed by atoms with E-state index < -0.39 is 23.8 Å². The van der Waals surface area contributed by atoms with Gasteiger partial charge in [0, 0.05) is 24.4 Å². The number of urea groups is 1. The summed E-state index contributed by atoms with van der Waals surface area (Å²) in [5.41, 5.74) is 0.313. The van der Waals surface area contributed by atoms with Gasteiger partial charge in [0.25, 0.3) is 5.91 Å². The standard InChI is InChI=1S/C14H14ClN3O4/c15-9-2-4-10(5-3-9)18-13(21)11(8-16-6-1-7-19)12(20)17-14(18)22/h2-5,8,11,19H,1,6-7H2,(H,17,20,22)/t11-/m1/s1. The smallest absolute Gasteiger partial charge is 0.335 e. The Balaban J connectivity index is 2.21. The molecule has 1 aliphatic heterocycles. The summed E-state index contributed by atoms with van der Waals surface area (Å²) in [7, 11) is 0. The third kappa shape index (κ3) is 3.49. The van der Waals surface area contributed by atoms with Crippen molar-refractivity contribution in [2.75, 3.05) is 18.1 Å². The van der Waals surface area contributed by atoms with Crippen LogP contribution < -0.4 is 10.2 Å². The first-order valence-electron chi connectivity index (χ1n) is 6.59. The van der Waals surface area contributed by atoms with Gasteiger partial charge in [-0.25, -0.2) is 9.69 Å². The minimum Gasteiger partial charge on any atom is -0.396 e. The van der Waals surface area contributed by atoms with Crippen molar-refractivity contribution in [2.24, 2.45) is 10.9 Å². The molecule has 2 rings (SSSR count). The highest BCUT2D eigenvalue weighted by Crippen LogP contribution is 2.22. The van der Waals surface area contributed by atoms with Crippen LogP contribution in [0, 0.1) is 5.92 Å². The molecule has 0 aromatic heterocycles. The molecule has 116 valence electrons. The number of rotatable bonds is 5. The van der Waals surface area contributed by atoms with Crippen molar-refractivity contribution in [3.63, 3.8) is 0 Å². The van der Waals surface area contributed by atoms with Crippen molar-refractivity contribution >= 4 is 41.3 Å². The molecule has 2 N–H and O–H groups in total. The molecular formula is C14H14ClN3O4. The number of imide groups is 2. The Morgan fingerprint density at radius 3 is 2.59 bits per heavy atom. The maximum absolute atomic E-state index is 12.4. The van der Waals surface area contributed by atoms with E-state index in [2.05, 4.69) is 10.3 Å². The van der Waals surface area contributed by atoms with Crippen molar-refractivity contribution in [2.45, 2.75) is 6.42 Å². The Labute approximate surface area is 131 Å². The minimum absolute atomic E-state index is 0.0302.